The van der Waals surface area contributed by atoms with E-state index in [9.17, 15) is 19.5 Å². The molecule has 0 saturated carbocycles. The molecule has 3 fully saturated rings. The van der Waals surface area contributed by atoms with E-state index < -0.39 is 29.1 Å². The minimum absolute atomic E-state index is 0.0547. The summed E-state index contributed by atoms with van der Waals surface area (Å²) < 4.78 is 8.70. The van der Waals surface area contributed by atoms with Crippen LogP contribution in [0.25, 0.3) is 11.0 Å². The summed E-state index contributed by atoms with van der Waals surface area (Å²) in [4.78, 5) is 49.3. The van der Waals surface area contributed by atoms with Crippen LogP contribution in [0.4, 0.5) is 5.69 Å². The van der Waals surface area contributed by atoms with E-state index in [1.165, 1.54) is 0 Å². The Morgan fingerprint density at radius 1 is 1.02 bits per heavy atom. The van der Waals surface area contributed by atoms with Crippen LogP contribution in [0.3, 0.4) is 0 Å². The van der Waals surface area contributed by atoms with Crippen LogP contribution in [-0.4, -0.2) is 91.1 Å². The minimum atomic E-state index is -1.16. The number of carbonyl (C=O) groups is 3. The summed E-state index contributed by atoms with van der Waals surface area (Å²) in [5.74, 6) is -2.27. The second-order valence-electron chi connectivity index (χ2n) is 12.8. The van der Waals surface area contributed by atoms with Crippen LogP contribution >= 0.6 is 0 Å². The Kier molecular flexibility index (Phi) is 9.29. The number of carbonyl (C=O) groups excluding carboxylic acids is 3. The summed E-state index contributed by atoms with van der Waals surface area (Å²) in [5.41, 5.74) is 0.174. The molecule has 1 N–H and O–H groups in total. The first kappa shape index (κ1) is 32.6. The zero-order chi connectivity index (χ0) is 33.2. The van der Waals surface area contributed by atoms with Gasteiger partial charge in [0, 0.05) is 31.9 Å². The Balaban J connectivity index is 1.40. The third kappa shape index (κ3) is 5.45. The molecule has 2 unspecified atom stereocenters. The molecule has 248 valence electrons. The maximum atomic E-state index is 14.9. The molecule has 2 aromatic carbocycles. The first-order valence-corrected chi connectivity index (χ1v) is 16.6. The molecular formula is C36H44N6O5. The molecule has 6 rings (SSSR count). The zero-order valence-corrected chi connectivity index (χ0v) is 27.0. The number of aliphatic hydroxyl groups excluding tert-OH is 1. The average molecular weight is 641 g/mol. The first-order valence-electron chi connectivity index (χ1n) is 16.6. The smallest absolute Gasteiger partial charge is 0.250 e. The van der Waals surface area contributed by atoms with Gasteiger partial charge in [-0.25, -0.2) is 4.68 Å². The molecule has 1 aromatic heterocycles. The fourth-order valence-corrected chi connectivity index (χ4v) is 8.14. The van der Waals surface area contributed by atoms with Gasteiger partial charge in [0.1, 0.15) is 23.8 Å². The van der Waals surface area contributed by atoms with Gasteiger partial charge in [-0.2, -0.15) is 0 Å². The second kappa shape index (κ2) is 13.4. The van der Waals surface area contributed by atoms with Crippen molar-refractivity contribution in [2.75, 3.05) is 31.1 Å². The van der Waals surface area contributed by atoms with Crippen molar-refractivity contribution in [1.29, 1.82) is 0 Å². The van der Waals surface area contributed by atoms with Gasteiger partial charge in [-0.05, 0) is 62.8 Å². The molecule has 0 aliphatic carbocycles. The van der Waals surface area contributed by atoms with Gasteiger partial charge in [-0.15, -0.1) is 18.3 Å². The van der Waals surface area contributed by atoms with Crippen LogP contribution in [0.15, 0.2) is 79.9 Å². The molecule has 11 heteroatoms. The lowest BCUT2D eigenvalue weighted by atomic mass is 9.64. The van der Waals surface area contributed by atoms with E-state index >= 15 is 0 Å². The van der Waals surface area contributed by atoms with Gasteiger partial charge in [0.25, 0.3) is 0 Å². The fourth-order valence-electron chi connectivity index (χ4n) is 8.14. The van der Waals surface area contributed by atoms with Crippen LogP contribution < -0.4 is 4.90 Å². The number of likely N-dealkylation sites (tertiary alicyclic amines) is 1. The summed E-state index contributed by atoms with van der Waals surface area (Å²) in [7, 11) is 0. The summed E-state index contributed by atoms with van der Waals surface area (Å²) in [6.45, 7) is 10.8. The van der Waals surface area contributed by atoms with Crippen LogP contribution in [-0.2, 0) is 25.8 Å². The molecule has 1 spiro atoms. The molecule has 3 aliphatic rings. The number of ether oxygens (including phenoxy) is 1. The predicted octanol–water partition coefficient (Wildman–Crippen LogP) is 3.94. The van der Waals surface area contributed by atoms with E-state index in [-0.39, 0.29) is 44.1 Å². The first-order chi connectivity index (χ1) is 22.9. The average Bonchev–Trinajstić information content (AvgIpc) is 3.82. The van der Waals surface area contributed by atoms with Crippen LogP contribution in [0, 0.1) is 11.8 Å². The van der Waals surface area contributed by atoms with Gasteiger partial charge in [-0.3, -0.25) is 14.4 Å². The molecule has 47 heavy (non-hydrogen) atoms. The number of hydrogen-bond acceptors (Lipinski definition) is 7. The number of aliphatic hydroxyl groups is 1. The number of aromatic nitrogens is 3. The number of rotatable bonds is 15. The Bertz CT molecular complexity index is 1640. The Morgan fingerprint density at radius 3 is 2.49 bits per heavy atom. The van der Waals surface area contributed by atoms with Crippen molar-refractivity contribution < 1.29 is 24.2 Å². The Labute approximate surface area is 275 Å². The zero-order valence-electron chi connectivity index (χ0n) is 27.0. The number of hydrogen-bond donors (Lipinski definition) is 1. The fraction of sp³-hybridized carbons (Fsp3) is 0.472. The lowest BCUT2D eigenvalue weighted by Gasteiger charge is -2.37. The third-order valence-corrected chi connectivity index (χ3v) is 10.3. The molecule has 2 bridgehead atoms. The molecule has 0 radical (unpaired) electrons. The highest BCUT2D eigenvalue weighted by atomic mass is 16.5. The number of benzene rings is 2. The number of anilines is 1. The van der Waals surface area contributed by atoms with Gasteiger partial charge in [-0.1, -0.05) is 54.6 Å². The standard InChI is InChI=1S/C36H44N6O5/c1-4-21-39(25-42-28-18-12-11-17-27(28)37-38-42)34(46)31-36-20-19-35(6-3,47-36)29(30(36)33(45)41(31)23-13-8-14-24-43)32(44)40(22-5-2)26-15-9-7-10-16-26/h4-5,7,9-12,15-18,29-31,43H,1-2,6,8,13-14,19-25H2,3H3/t29-,30-,31?,35+,36?/m0/s1. The van der Waals surface area contributed by atoms with Gasteiger partial charge >= 0.3 is 0 Å². The Hall–Kier alpha value is -4.35. The largest absolute Gasteiger partial charge is 0.396 e. The van der Waals surface area contributed by atoms with Crippen molar-refractivity contribution in [3.05, 3.63) is 79.9 Å². The van der Waals surface area contributed by atoms with Crippen molar-refractivity contribution in [3.8, 4) is 0 Å². The van der Waals surface area contributed by atoms with Gasteiger partial charge < -0.3 is 24.5 Å². The number of amides is 3. The topological polar surface area (TPSA) is 121 Å². The van der Waals surface area contributed by atoms with Gasteiger partial charge in [0.2, 0.25) is 17.7 Å². The number of fused-ring (bicyclic) bond motifs is 2. The van der Waals surface area contributed by atoms with Gasteiger partial charge in [0.15, 0.2) is 0 Å². The quantitative estimate of drug-likeness (QED) is 0.197. The number of unbranched alkanes of at least 4 members (excludes halogenated alkanes) is 2. The predicted molar refractivity (Wildman–Crippen MR) is 178 cm³/mol. The van der Waals surface area contributed by atoms with Crippen molar-refractivity contribution in [1.82, 2.24) is 24.8 Å². The molecule has 5 atom stereocenters. The monoisotopic (exact) mass is 640 g/mol. The van der Waals surface area contributed by atoms with E-state index in [0.29, 0.717) is 50.6 Å². The van der Waals surface area contributed by atoms with E-state index in [2.05, 4.69) is 23.5 Å². The maximum Gasteiger partial charge on any atom is 0.250 e. The highest BCUT2D eigenvalue weighted by Crippen LogP contribution is 2.64. The highest BCUT2D eigenvalue weighted by molar-refractivity contribution is 6.03. The van der Waals surface area contributed by atoms with Crippen molar-refractivity contribution in [2.24, 2.45) is 11.8 Å². The molecule has 4 heterocycles. The van der Waals surface area contributed by atoms with E-state index in [4.69, 9.17) is 4.74 Å². The SMILES string of the molecule is C=CCN(Cn1nnc2ccccc21)C(=O)C1N(CCCCCO)C(=O)[C@@H]2[C@@H](C(=O)N(CC=C)c3ccccc3)[C@@]3(CC)CCC12O3. The minimum Gasteiger partial charge on any atom is -0.396 e. The maximum absolute atomic E-state index is 14.9. The third-order valence-electron chi connectivity index (χ3n) is 10.3. The van der Waals surface area contributed by atoms with E-state index in [0.717, 1.165) is 11.2 Å². The molecule has 3 aromatic rings. The molecule has 11 nitrogen and oxygen atoms in total. The highest BCUT2D eigenvalue weighted by Gasteiger charge is 2.79. The lowest BCUT2D eigenvalue weighted by molar-refractivity contribution is -0.153. The van der Waals surface area contributed by atoms with Crippen LogP contribution in [0.1, 0.15) is 45.4 Å². The summed E-state index contributed by atoms with van der Waals surface area (Å²) in [5, 5.41) is 18.0. The van der Waals surface area contributed by atoms with E-state index in [1.54, 1.807) is 31.5 Å². The molecule has 3 aliphatic heterocycles. The van der Waals surface area contributed by atoms with Crippen molar-refractivity contribution in [3.63, 3.8) is 0 Å². The van der Waals surface area contributed by atoms with Crippen LogP contribution in [0.5, 0.6) is 0 Å². The summed E-state index contributed by atoms with van der Waals surface area (Å²) in [6, 6.07) is 16.0. The summed E-state index contributed by atoms with van der Waals surface area (Å²) in [6.07, 6.45) is 6.84. The van der Waals surface area contributed by atoms with Crippen molar-refractivity contribution >= 4 is 34.4 Å². The molecular weight excluding hydrogens is 596 g/mol. The molecule has 3 amide bonds. The van der Waals surface area contributed by atoms with Crippen LogP contribution in [0.2, 0.25) is 0 Å². The second-order valence-corrected chi connectivity index (χ2v) is 12.8. The molecule has 3 saturated heterocycles. The normalized spacial score (nSPS) is 26.0. The Morgan fingerprint density at radius 2 is 1.77 bits per heavy atom. The summed E-state index contributed by atoms with van der Waals surface area (Å²) >= 11 is 0. The lowest BCUT2D eigenvalue weighted by Crippen LogP contribution is -2.56. The van der Waals surface area contributed by atoms with Crippen molar-refractivity contribution in [2.45, 2.75) is 69.4 Å². The van der Waals surface area contributed by atoms with Gasteiger partial charge in [0.05, 0.1) is 23.0 Å². The number of nitrogens with zero attached hydrogens (tertiary/aromatic N) is 6. The van der Waals surface area contributed by atoms with E-state index in [1.807, 2.05) is 61.5 Å². The number of para-hydroxylation sites is 2.